The standard InChI is InChI=1S/C15H15N3O2S/c1-10-3-4-13(20-2)12(7-10)17-14(19)8-11-9-18-5-6-21-15(18)16-11/h3-7,9H,8H2,1-2H3,(H,17,19). The van der Waals surface area contributed by atoms with E-state index >= 15 is 0 Å². The van der Waals surface area contributed by atoms with Crippen LogP contribution in [0.1, 0.15) is 11.3 Å². The number of imidazole rings is 1. The largest absolute Gasteiger partial charge is 0.495 e. The number of nitrogens with one attached hydrogen (secondary N) is 1. The molecule has 3 aromatic rings. The number of carbonyl (C=O) groups is 1. The summed E-state index contributed by atoms with van der Waals surface area (Å²) in [5.74, 6) is 0.546. The minimum atomic E-state index is -0.107. The van der Waals surface area contributed by atoms with Gasteiger partial charge in [-0.1, -0.05) is 6.07 Å². The second-order valence-corrected chi connectivity index (χ2v) is 5.63. The zero-order chi connectivity index (χ0) is 14.8. The minimum Gasteiger partial charge on any atom is -0.495 e. The molecule has 3 rings (SSSR count). The molecule has 1 aromatic carbocycles. The number of carbonyl (C=O) groups excluding carboxylic acids is 1. The summed E-state index contributed by atoms with van der Waals surface area (Å²) in [7, 11) is 1.59. The van der Waals surface area contributed by atoms with Crippen LogP contribution in [0.3, 0.4) is 0 Å². The zero-order valence-corrected chi connectivity index (χ0v) is 12.6. The van der Waals surface area contributed by atoms with E-state index in [0.717, 1.165) is 16.2 Å². The highest BCUT2D eigenvalue weighted by molar-refractivity contribution is 7.15. The first-order chi connectivity index (χ1) is 10.2. The Bertz CT molecular complexity index is 763. The third-order valence-corrected chi connectivity index (χ3v) is 3.88. The maximum Gasteiger partial charge on any atom is 0.230 e. The summed E-state index contributed by atoms with van der Waals surface area (Å²) >= 11 is 1.55. The second kappa shape index (κ2) is 5.57. The smallest absolute Gasteiger partial charge is 0.230 e. The lowest BCUT2D eigenvalue weighted by atomic mass is 10.2. The number of rotatable bonds is 4. The van der Waals surface area contributed by atoms with Crippen molar-refractivity contribution in [1.82, 2.24) is 9.38 Å². The molecule has 2 heterocycles. The molecule has 0 spiro atoms. The Balaban J connectivity index is 1.74. The first-order valence-electron chi connectivity index (χ1n) is 6.51. The molecule has 0 fully saturated rings. The zero-order valence-electron chi connectivity index (χ0n) is 11.8. The van der Waals surface area contributed by atoms with Gasteiger partial charge in [-0.2, -0.15) is 0 Å². The molecule has 0 aliphatic heterocycles. The van der Waals surface area contributed by atoms with E-state index in [0.29, 0.717) is 11.4 Å². The predicted octanol–water partition coefficient (Wildman–Crippen LogP) is 2.89. The van der Waals surface area contributed by atoms with Crippen LogP contribution in [0, 0.1) is 6.92 Å². The monoisotopic (exact) mass is 301 g/mol. The van der Waals surface area contributed by atoms with Crippen LogP contribution in [0.2, 0.25) is 0 Å². The Hall–Kier alpha value is -2.34. The molecule has 0 unspecified atom stereocenters. The Kier molecular flexibility index (Phi) is 3.62. The molecular weight excluding hydrogens is 286 g/mol. The van der Waals surface area contributed by atoms with Crippen molar-refractivity contribution >= 4 is 27.9 Å². The van der Waals surface area contributed by atoms with Crippen LogP contribution >= 0.6 is 11.3 Å². The van der Waals surface area contributed by atoms with Crippen LogP contribution in [-0.2, 0) is 11.2 Å². The number of anilines is 1. The lowest BCUT2D eigenvalue weighted by Crippen LogP contribution is -2.15. The van der Waals surface area contributed by atoms with Crippen molar-refractivity contribution in [1.29, 1.82) is 0 Å². The Morgan fingerprint density at radius 3 is 3.10 bits per heavy atom. The molecule has 6 heteroatoms. The number of amides is 1. The average Bonchev–Trinajstić information content (AvgIpc) is 2.99. The molecule has 0 saturated carbocycles. The highest BCUT2D eigenvalue weighted by atomic mass is 32.1. The SMILES string of the molecule is COc1ccc(C)cc1NC(=O)Cc1cn2ccsc2n1. The van der Waals surface area contributed by atoms with Gasteiger partial charge in [-0.15, -0.1) is 11.3 Å². The highest BCUT2D eigenvalue weighted by Gasteiger charge is 2.11. The highest BCUT2D eigenvalue weighted by Crippen LogP contribution is 2.25. The molecule has 0 saturated heterocycles. The molecule has 1 N–H and O–H groups in total. The number of hydrogen-bond donors (Lipinski definition) is 1. The number of aromatic nitrogens is 2. The summed E-state index contributed by atoms with van der Waals surface area (Å²) in [4.78, 5) is 17.4. The van der Waals surface area contributed by atoms with Crippen molar-refractivity contribution in [3.8, 4) is 5.75 Å². The third kappa shape index (κ3) is 2.90. The van der Waals surface area contributed by atoms with Crippen LogP contribution in [0.5, 0.6) is 5.75 Å². The topological polar surface area (TPSA) is 55.6 Å². The number of ether oxygens (including phenoxy) is 1. The van der Waals surface area contributed by atoms with Gasteiger partial charge in [-0.3, -0.25) is 9.20 Å². The van der Waals surface area contributed by atoms with E-state index in [1.54, 1.807) is 18.4 Å². The number of fused-ring (bicyclic) bond motifs is 1. The van der Waals surface area contributed by atoms with Gasteiger partial charge >= 0.3 is 0 Å². The second-order valence-electron chi connectivity index (χ2n) is 4.75. The fourth-order valence-corrected chi connectivity index (χ4v) is 2.86. The van der Waals surface area contributed by atoms with Gasteiger partial charge in [-0.25, -0.2) is 4.98 Å². The maximum absolute atomic E-state index is 12.1. The quantitative estimate of drug-likeness (QED) is 0.806. The van der Waals surface area contributed by atoms with Gasteiger partial charge < -0.3 is 10.1 Å². The van der Waals surface area contributed by atoms with E-state index in [9.17, 15) is 4.79 Å². The van der Waals surface area contributed by atoms with Crippen molar-refractivity contribution in [3.05, 3.63) is 47.2 Å². The predicted molar refractivity (Wildman–Crippen MR) is 83.1 cm³/mol. The van der Waals surface area contributed by atoms with Gasteiger partial charge in [0.15, 0.2) is 4.96 Å². The lowest BCUT2D eigenvalue weighted by molar-refractivity contribution is -0.115. The van der Waals surface area contributed by atoms with Gasteiger partial charge in [0.1, 0.15) is 5.75 Å². The summed E-state index contributed by atoms with van der Waals surface area (Å²) in [6.07, 6.45) is 4.04. The van der Waals surface area contributed by atoms with Gasteiger partial charge in [0, 0.05) is 17.8 Å². The Labute approximate surface area is 126 Å². The number of thiazole rings is 1. The molecule has 108 valence electrons. The van der Waals surface area contributed by atoms with Crippen LogP contribution in [-0.4, -0.2) is 22.4 Å². The first-order valence-corrected chi connectivity index (χ1v) is 7.39. The molecule has 0 bridgehead atoms. The summed E-state index contributed by atoms with van der Waals surface area (Å²) in [6.45, 7) is 1.97. The summed E-state index contributed by atoms with van der Waals surface area (Å²) in [5.41, 5.74) is 2.50. The van der Waals surface area contributed by atoms with Crippen molar-refractivity contribution < 1.29 is 9.53 Å². The van der Waals surface area contributed by atoms with Crippen molar-refractivity contribution in [2.45, 2.75) is 13.3 Å². The summed E-state index contributed by atoms with van der Waals surface area (Å²) < 4.78 is 7.17. The van der Waals surface area contributed by atoms with Gasteiger partial charge in [-0.05, 0) is 24.6 Å². The summed E-state index contributed by atoms with van der Waals surface area (Å²) in [6, 6.07) is 5.68. The van der Waals surface area contributed by atoms with Crippen LogP contribution in [0.4, 0.5) is 5.69 Å². The number of aryl methyl sites for hydroxylation is 1. The van der Waals surface area contributed by atoms with E-state index < -0.39 is 0 Å². The Morgan fingerprint density at radius 2 is 2.33 bits per heavy atom. The number of nitrogens with zero attached hydrogens (tertiary/aromatic N) is 2. The molecule has 0 atom stereocenters. The van der Waals surface area contributed by atoms with Crippen molar-refractivity contribution in [2.75, 3.05) is 12.4 Å². The van der Waals surface area contributed by atoms with E-state index in [1.807, 2.05) is 47.3 Å². The van der Waals surface area contributed by atoms with Crippen LogP contribution in [0.15, 0.2) is 36.0 Å². The van der Waals surface area contributed by atoms with Gasteiger partial charge in [0.05, 0.1) is 24.9 Å². The van der Waals surface area contributed by atoms with Crippen molar-refractivity contribution in [2.24, 2.45) is 0 Å². The summed E-state index contributed by atoms with van der Waals surface area (Å²) in [5, 5.41) is 4.84. The molecule has 0 aliphatic rings. The lowest BCUT2D eigenvalue weighted by Gasteiger charge is -2.10. The normalized spacial score (nSPS) is 10.8. The average molecular weight is 301 g/mol. The maximum atomic E-state index is 12.1. The number of benzene rings is 1. The van der Waals surface area contributed by atoms with Crippen molar-refractivity contribution in [3.63, 3.8) is 0 Å². The molecular formula is C15H15N3O2S. The molecule has 2 aromatic heterocycles. The molecule has 0 radical (unpaired) electrons. The molecule has 5 nitrogen and oxygen atoms in total. The van der Waals surface area contributed by atoms with E-state index in [4.69, 9.17) is 4.74 Å². The van der Waals surface area contributed by atoms with Crippen LogP contribution in [0.25, 0.3) is 4.96 Å². The molecule has 0 aliphatic carbocycles. The minimum absolute atomic E-state index is 0.107. The number of hydrogen-bond acceptors (Lipinski definition) is 4. The first kappa shape index (κ1) is 13.6. The van der Waals surface area contributed by atoms with E-state index in [-0.39, 0.29) is 12.3 Å². The van der Waals surface area contributed by atoms with Gasteiger partial charge in [0.25, 0.3) is 0 Å². The number of methoxy groups -OCH3 is 1. The Morgan fingerprint density at radius 1 is 1.48 bits per heavy atom. The fraction of sp³-hybridized carbons (Fsp3) is 0.200. The molecule has 21 heavy (non-hydrogen) atoms. The van der Waals surface area contributed by atoms with E-state index in [1.165, 1.54) is 0 Å². The van der Waals surface area contributed by atoms with Crippen LogP contribution < -0.4 is 10.1 Å². The fourth-order valence-electron chi connectivity index (χ4n) is 2.14. The van der Waals surface area contributed by atoms with Gasteiger partial charge in [0.2, 0.25) is 5.91 Å². The third-order valence-electron chi connectivity index (χ3n) is 3.11. The van der Waals surface area contributed by atoms with E-state index in [2.05, 4.69) is 10.3 Å². The molecule has 1 amide bonds.